The second-order valence-electron chi connectivity index (χ2n) is 6.74. The summed E-state index contributed by atoms with van der Waals surface area (Å²) in [7, 11) is 1.65. The van der Waals surface area contributed by atoms with Crippen molar-refractivity contribution in [1.82, 2.24) is 10.2 Å². The van der Waals surface area contributed by atoms with Crippen molar-refractivity contribution in [3.63, 3.8) is 0 Å². The first-order valence-corrected chi connectivity index (χ1v) is 8.63. The number of hydrogen-bond donors (Lipinski definition) is 1. The number of carbonyl (C=O) groups is 2. The standard InChI is InChI=1S/C18H24FN3O2/c1-21(16-8-6-14(19)7-9-16)18(24)20-15-10-11-22(12-15)17(23)13-4-2-3-5-13/h6-9,13,15H,2-5,10-12H2,1H3,(H,20,24). The number of urea groups is 1. The van der Waals surface area contributed by atoms with E-state index in [0.29, 0.717) is 18.8 Å². The van der Waals surface area contributed by atoms with Gasteiger partial charge in [0.15, 0.2) is 0 Å². The van der Waals surface area contributed by atoms with Crippen LogP contribution in [0.2, 0.25) is 0 Å². The van der Waals surface area contributed by atoms with Gasteiger partial charge in [-0.15, -0.1) is 0 Å². The lowest BCUT2D eigenvalue weighted by Crippen LogP contribution is -2.45. The summed E-state index contributed by atoms with van der Waals surface area (Å²) in [6.07, 6.45) is 5.07. The monoisotopic (exact) mass is 333 g/mol. The predicted molar refractivity (Wildman–Crippen MR) is 90.3 cm³/mol. The molecular weight excluding hydrogens is 309 g/mol. The largest absolute Gasteiger partial charge is 0.340 e. The molecule has 130 valence electrons. The average molecular weight is 333 g/mol. The SMILES string of the molecule is CN(C(=O)NC1CCN(C(=O)C2CCCC2)C1)c1ccc(F)cc1. The van der Waals surface area contributed by atoms with Crippen molar-refractivity contribution in [3.05, 3.63) is 30.1 Å². The van der Waals surface area contributed by atoms with Crippen molar-refractivity contribution >= 4 is 17.6 Å². The van der Waals surface area contributed by atoms with Gasteiger partial charge in [0.25, 0.3) is 0 Å². The van der Waals surface area contributed by atoms with Crippen molar-refractivity contribution in [2.45, 2.75) is 38.1 Å². The number of halogens is 1. The van der Waals surface area contributed by atoms with Crippen LogP contribution in [0.25, 0.3) is 0 Å². The first kappa shape index (κ1) is 16.7. The summed E-state index contributed by atoms with van der Waals surface area (Å²) < 4.78 is 13.0. The summed E-state index contributed by atoms with van der Waals surface area (Å²) in [6.45, 7) is 1.29. The Balaban J connectivity index is 1.52. The van der Waals surface area contributed by atoms with Crippen molar-refractivity contribution in [1.29, 1.82) is 0 Å². The van der Waals surface area contributed by atoms with E-state index in [1.165, 1.54) is 17.0 Å². The molecule has 6 heteroatoms. The first-order chi connectivity index (χ1) is 11.5. The quantitative estimate of drug-likeness (QED) is 0.925. The van der Waals surface area contributed by atoms with Crippen LogP contribution in [0.4, 0.5) is 14.9 Å². The van der Waals surface area contributed by atoms with Gasteiger partial charge in [-0.1, -0.05) is 12.8 Å². The fraction of sp³-hybridized carbons (Fsp3) is 0.556. The van der Waals surface area contributed by atoms with Gasteiger partial charge in [-0.2, -0.15) is 0 Å². The van der Waals surface area contributed by atoms with Crippen LogP contribution in [-0.2, 0) is 4.79 Å². The smallest absolute Gasteiger partial charge is 0.321 e. The number of benzene rings is 1. The van der Waals surface area contributed by atoms with E-state index in [4.69, 9.17) is 0 Å². The van der Waals surface area contributed by atoms with E-state index in [2.05, 4.69) is 5.32 Å². The molecular formula is C18H24FN3O2. The molecule has 1 aromatic rings. The summed E-state index contributed by atoms with van der Waals surface area (Å²) in [5, 5.41) is 2.97. The highest BCUT2D eigenvalue weighted by Crippen LogP contribution is 2.28. The summed E-state index contributed by atoms with van der Waals surface area (Å²) in [5.74, 6) is 0.0990. The molecule has 1 atom stereocenters. The lowest BCUT2D eigenvalue weighted by atomic mass is 10.1. The Bertz CT molecular complexity index is 599. The van der Waals surface area contributed by atoms with Crippen LogP contribution in [-0.4, -0.2) is 43.0 Å². The number of carbonyl (C=O) groups excluding carboxylic acids is 2. The molecule has 0 spiro atoms. The normalized spacial score (nSPS) is 21.1. The van der Waals surface area contributed by atoms with E-state index in [1.54, 1.807) is 19.2 Å². The van der Waals surface area contributed by atoms with Gasteiger partial charge in [0.1, 0.15) is 5.82 Å². The molecule has 3 amide bonds. The van der Waals surface area contributed by atoms with Crippen LogP contribution < -0.4 is 10.2 Å². The van der Waals surface area contributed by atoms with Gasteiger partial charge >= 0.3 is 6.03 Å². The Labute approximate surface area is 141 Å². The molecule has 1 saturated carbocycles. The number of nitrogens with zero attached hydrogens (tertiary/aromatic N) is 2. The lowest BCUT2D eigenvalue weighted by Gasteiger charge is -2.23. The van der Waals surface area contributed by atoms with Crippen molar-refractivity contribution in [2.75, 3.05) is 25.0 Å². The second kappa shape index (κ2) is 7.20. The molecule has 0 bridgehead atoms. The fourth-order valence-corrected chi connectivity index (χ4v) is 3.56. The van der Waals surface area contributed by atoms with E-state index in [9.17, 15) is 14.0 Å². The summed E-state index contributed by atoms with van der Waals surface area (Å²) in [4.78, 5) is 28.1. The zero-order valence-electron chi connectivity index (χ0n) is 14.0. The number of likely N-dealkylation sites (tertiary alicyclic amines) is 1. The van der Waals surface area contributed by atoms with Crippen LogP contribution in [0.5, 0.6) is 0 Å². The molecule has 24 heavy (non-hydrogen) atoms. The third-order valence-corrected chi connectivity index (χ3v) is 5.05. The second-order valence-corrected chi connectivity index (χ2v) is 6.74. The van der Waals surface area contributed by atoms with E-state index in [1.807, 2.05) is 4.90 Å². The molecule has 1 aromatic carbocycles. The van der Waals surface area contributed by atoms with E-state index < -0.39 is 0 Å². The molecule has 0 radical (unpaired) electrons. The highest BCUT2D eigenvalue weighted by Gasteiger charge is 2.33. The van der Waals surface area contributed by atoms with Gasteiger partial charge in [-0.25, -0.2) is 9.18 Å². The molecule has 3 rings (SSSR count). The molecule has 1 aliphatic heterocycles. The Hall–Kier alpha value is -2.11. The van der Waals surface area contributed by atoms with Crippen LogP contribution in [0.3, 0.4) is 0 Å². The molecule has 5 nitrogen and oxygen atoms in total. The van der Waals surface area contributed by atoms with Gasteiger partial charge in [0.05, 0.1) is 0 Å². The number of nitrogens with one attached hydrogen (secondary N) is 1. The van der Waals surface area contributed by atoms with E-state index in [-0.39, 0.29) is 29.7 Å². The molecule has 0 aromatic heterocycles. The number of amides is 3. The van der Waals surface area contributed by atoms with Crippen LogP contribution >= 0.6 is 0 Å². The Kier molecular flexibility index (Phi) is 5.02. The summed E-state index contributed by atoms with van der Waals surface area (Å²) >= 11 is 0. The third-order valence-electron chi connectivity index (χ3n) is 5.05. The highest BCUT2D eigenvalue weighted by atomic mass is 19.1. The molecule has 1 N–H and O–H groups in total. The van der Waals surface area contributed by atoms with Crippen LogP contribution in [0, 0.1) is 11.7 Å². The molecule has 1 aliphatic carbocycles. The zero-order valence-corrected chi connectivity index (χ0v) is 14.0. The van der Waals surface area contributed by atoms with Gasteiger partial charge in [0, 0.05) is 37.8 Å². The topological polar surface area (TPSA) is 52.7 Å². The number of rotatable bonds is 3. The lowest BCUT2D eigenvalue weighted by molar-refractivity contribution is -0.134. The fourth-order valence-electron chi connectivity index (χ4n) is 3.56. The minimum absolute atomic E-state index is 0.0225. The van der Waals surface area contributed by atoms with Crippen molar-refractivity contribution in [3.8, 4) is 0 Å². The Morgan fingerprint density at radius 1 is 1.17 bits per heavy atom. The first-order valence-electron chi connectivity index (χ1n) is 8.63. The molecule has 2 aliphatic rings. The molecule has 1 unspecified atom stereocenters. The third kappa shape index (κ3) is 3.68. The average Bonchev–Trinajstić information content (AvgIpc) is 3.26. The van der Waals surface area contributed by atoms with Crippen LogP contribution in [0.1, 0.15) is 32.1 Å². The molecule has 1 heterocycles. The van der Waals surface area contributed by atoms with Crippen molar-refractivity contribution in [2.24, 2.45) is 5.92 Å². The minimum Gasteiger partial charge on any atom is -0.340 e. The van der Waals surface area contributed by atoms with Gasteiger partial charge < -0.3 is 10.2 Å². The van der Waals surface area contributed by atoms with Gasteiger partial charge in [0.2, 0.25) is 5.91 Å². The zero-order chi connectivity index (χ0) is 17.1. The van der Waals surface area contributed by atoms with Crippen LogP contribution in [0.15, 0.2) is 24.3 Å². The summed E-state index contributed by atoms with van der Waals surface area (Å²) in [6, 6.07) is 5.54. The Morgan fingerprint density at radius 2 is 1.83 bits per heavy atom. The number of anilines is 1. The maximum Gasteiger partial charge on any atom is 0.321 e. The van der Waals surface area contributed by atoms with Gasteiger partial charge in [-0.05, 0) is 43.5 Å². The maximum absolute atomic E-state index is 13.0. The van der Waals surface area contributed by atoms with Crippen molar-refractivity contribution < 1.29 is 14.0 Å². The summed E-state index contributed by atoms with van der Waals surface area (Å²) in [5.41, 5.74) is 0.630. The highest BCUT2D eigenvalue weighted by molar-refractivity contribution is 5.91. The molecule has 1 saturated heterocycles. The minimum atomic E-state index is -0.329. The van der Waals surface area contributed by atoms with E-state index in [0.717, 1.165) is 32.1 Å². The van der Waals surface area contributed by atoms with Gasteiger partial charge in [-0.3, -0.25) is 9.69 Å². The predicted octanol–water partition coefficient (Wildman–Crippen LogP) is 2.76. The molecule has 2 fully saturated rings. The van der Waals surface area contributed by atoms with E-state index >= 15 is 0 Å². The maximum atomic E-state index is 13.0. The Morgan fingerprint density at radius 3 is 2.50 bits per heavy atom. The number of hydrogen-bond acceptors (Lipinski definition) is 2.